The molecule has 0 aliphatic heterocycles. The Labute approximate surface area is 170 Å². The van der Waals surface area contributed by atoms with E-state index in [1.807, 2.05) is 0 Å². The first-order valence-electron chi connectivity index (χ1n) is 8.46. The van der Waals surface area contributed by atoms with Gasteiger partial charge in [-0.05, 0) is 36.4 Å². The summed E-state index contributed by atoms with van der Waals surface area (Å²) in [6.07, 6.45) is 2.43. The Kier molecular flexibility index (Phi) is 5.74. The van der Waals surface area contributed by atoms with Crippen LogP contribution in [-0.4, -0.2) is 43.1 Å². The number of benzene rings is 2. The quantitative estimate of drug-likeness (QED) is 0.357. The molecule has 2 aromatic carbocycles. The van der Waals surface area contributed by atoms with Gasteiger partial charge in [0.15, 0.2) is 16.4 Å². The number of nitro groups is 1. The van der Waals surface area contributed by atoms with E-state index in [9.17, 15) is 28.1 Å². The Morgan fingerprint density at radius 2 is 1.93 bits per heavy atom. The number of nitrogens with one attached hydrogen (secondary N) is 1. The van der Waals surface area contributed by atoms with E-state index in [4.69, 9.17) is 4.74 Å². The van der Waals surface area contributed by atoms with Gasteiger partial charge in [-0.1, -0.05) is 6.07 Å². The lowest BCUT2D eigenvalue weighted by Gasteiger charge is -2.09. The Balaban J connectivity index is 1.71. The monoisotopic (exact) mass is 429 g/mol. The Bertz CT molecular complexity index is 1270. The molecular formula is C19H15N3O7S. The number of carbonyl (C=O) groups excluding carboxylic acids is 2. The standard InChI is InChI=1S/C19H15N3O7S/c1-30(27,28)17-8-7-12(10-16(17)22(25)26)19(24)29-11-18(23)21-15-6-2-5-14-13(15)4-3-9-20-14/h2-10H,11H2,1H3,(H,21,23). The molecule has 1 N–H and O–H groups in total. The van der Waals surface area contributed by atoms with Crippen LogP contribution in [-0.2, 0) is 19.4 Å². The third kappa shape index (κ3) is 4.58. The minimum Gasteiger partial charge on any atom is -0.452 e. The fraction of sp³-hybridized carbons (Fsp3) is 0.105. The molecule has 30 heavy (non-hydrogen) atoms. The van der Waals surface area contributed by atoms with Gasteiger partial charge in [-0.15, -0.1) is 0 Å². The smallest absolute Gasteiger partial charge is 0.338 e. The third-order valence-electron chi connectivity index (χ3n) is 4.04. The second-order valence-corrected chi connectivity index (χ2v) is 8.20. The van der Waals surface area contributed by atoms with Crippen LogP contribution >= 0.6 is 0 Å². The number of ether oxygens (including phenoxy) is 1. The fourth-order valence-electron chi connectivity index (χ4n) is 2.71. The van der Waals surface area contributed by atoms with Crippen molar-refractivity contribution in [1.29, 1.82) is 0 Å². The molecule has 0 radical (unpaired) electrons. The number of esters is 1. The highest BCUT2D eigenvalue weighted by Gasteiger charge is 2.24. The average molecular weight is 429 g/mol. The number of nitro benzene ring substituents is 1. The molecule has 0 aliphatic rings. The van der Waals surface area contributed by atoms with E-state index in [-0.39, 0.29) is 5.56 Å². The van der Waals surface area contributed by atoms with E-state index in [2.05, 4.69) is 10.3 Å². The molecule has 0 saturated heterocycles. The lowest BCUT2D eigenvalue weighted by atomic mass is 10.2. The predicted octanol–water partition coefficient (Wildman–Crippen LogP) is 2.34. The molecule has 11 heteroatoms. The zero-order valence-corrected chi connectivity index (χ0v) is 16.4. The number of sulfone groups is 1. The molecule has 0 fully saturated rings. The number of amides is 1. The van der Waals surface area contributed by atoms with Gasteiger partial charge in [0.25, 0.3) is 11.6 Å². The number of pyridine rings is 1. The highest BCUT2D eigenvalue weighted by molar-refractivity contribution is 7.90. The second kappa shape index (κ2) is 8.25. The Morgan fingerprint density at radius 3 is 2.63 bits per heavy atom. The van der Waals surface area contributed by atoms with E-state index in [1.54, 1.807) is 36.5 Å². The van der Waals surface area contributed by atoms with Crippen LogP contribution in [0, 0.1) is 10.1 Å². The van der Waals surface area contributed by atoms with Crippen LogP contribution in [0.1, 0.15) is 10.4 Å². The van der Waals surface area contributed by atoms with E-state index >= 15 is 0 Å². The summed E-state index contributed by atoms with van der Waals surface area (Å²) in [6.45, 7) is -0.642. The first kappa shape index (κ1) is 20.9. The zero-order valence-electron chi connectivity index (χ0n) is 15.6. The molecule has 0 aliphatic carbocycles. The van der Waals surface area contributed by atoms with E-state index in [1.165, 1.54) is 0 Å². The number of hydrogen-bond donors (Lipinski definition) is 1. The van der Waals surface area contributed by atoms with Gasteiger partial charge in [0.1, 0.15) is 4.90 Å². The summed E-state index contributed by atoms with van der Waals surface area (Å²) in [5, 5.41) is 14.4. The van der Waals surface area contributed by atoms with Crippen molar-refractivity contribution in [2.75, 3.05) is 18.2 Å². The van der Waals surface area contributed by atoms with Crippen LogP contribution in [0.25, 0.3) is 10.9 Å². The molecule has 0 unspecified atom stereocenters. The molecule has 1 heterocycles. The lowest BCUT2D eigenvalue weighted by Crippen LogP contribution is -2.21. The topological polar surface area (TPSA) is 146 Å². The van der Waals surface area contributed by atoms with Gasteiger partial charge in [-0.25, -0.2) is 13.2 Å². The molecule has 0 saturated carbocycles. The number of anilines is 1. The van der Waals surface area contributed by atoms with Crippen LogP contribution in [0.3, 0.4) is 0 Å². The number of carbonyl (C=O) groups is 2. The SMILES string of the molecule is CS(=O)(=O)c1ccc(C(=O)OCC(=O)Nc2cccc3ncccc23)cc1[N+](=O)[O-]. The predicted molar refractivity (Wildman–Crippen MR) is 107 cm³/mol. The number of nitrogens with zero attached hydrogens (tertiary/aromatic N) is 2. The lowest BCUT2D eigenvalue weighted by molar-refractivity contribution is -0.387. The van der Waals surface area contributed by atoms with Crippen molar-refractivity contribution in [3.05, 3.63) is 70.4 Å². The molecule has 154 valence electrons. The van der Waals surface area contributed by atoms with Crippen molar-refractivity contribution in [1.82, 2.24) is 4.98 Å². The van der Waals surface area contributed by atoms with E-state index < -0.39 is 43.8 Å². The van der Waals surface area contributed by atoms with Gasteiger partial charge in [0.2, 0.25) is 0 Å². The van der Waals surface area contributed by atoms with Gasteiger partial charge in [0, 0.05) is 23.9 Å². The van der Waals surface area contributed by atoms with Crippen LogP contribution in [0.2, 0.25) is 0 Å². The molecule has 0 bridgehead atoms. The Morgan fingerprint density at radius 1 is 1.17 bits per heavy atom. The molecule has 0 spiro atoms. The van der Waals surface area contributed by atoms with E-state index in [0.717, 1.165) is 24.5 Å². The van der Waals surface area contributed by atoms with Crippen molar-refractivity contribution in [2.45, 2.75) is 4.90 Å². The van der Waals surface area contributed by atoms with Crippen molar-refractivity contribution < 1.29 is 27.7 Å². The van der Waals surface area contributed by atoms with Crippen LogP contribution in [0.15, 0.2) is 59.6 Å². The first-order chi connectivity index (χ1) is 14.2. The molecule has 3 aromatic rings. The average Bonchev–Trinajstić information content (AvgIpc) is 2.71. The van der Waals surface area contributed by atoms with Crippen molar-refractivity contribution in [3.63, 3.8) is 0 Å². The van der Waals surface area contributed by atoms with E-state index in [0.29, 0.717) is 16.6 Å². The zero-order chi connectivity index (χ0) is 21.9. The van der Waals surface area contributed by atoms with Crippen molar-refractivity contribution in [3.8, 4) is 0 Å². The molecule has 1 aromatic heterocycles. The minimum absolute atomic E-state index is 0.253. The number of hydrogen-bond acceptors (Lipinski definition) is 8. The van der Waals surface area contributed by atoms with Gasteiger partial charge >= 0.3 is 5.97 Å². The van der Waals surface area contributed by atoms with Crippen molar-refractivity contribution in [2.24, 2.45) is 0 Å². The summed E-state index contributed by atoms with van der Waals surface area (Å²) >= 11 is 0. The number of rotatable bonds is 6. The van der Waals surface area contributed by atoms with Crippen molar-refractivity contribution >= 4 is 44.0 Å². The largest absolute Gasteiger partial charge is 0.452 e. The molecule has 3 rings (SSSR count). The number of aromatic nitrogens is 1. The fourth-order valence-corrected chi connectivity index (χ4v) is 3.54. The highest BCUT2D eigenvalue weighted by Crippen LogP contribution is 2.25. The normalized spacial score (nSPS) is 11.1. The van der Waals surface area contributed by atoms with Gasteiger partial charge in [-0.2, -0.15) is 0 Å². The van der Waals surface area contributed by atoms with Gasteiger partial charge in [-0.3, -0.25) is 19.9 Å². The molecule has 10 nitrogen and oxygen atoms in total. The summed E-state index contributed by atoms with van der Waals surface area (Å²) in [6, 6.07) is 11.5. The van der Waals surface area contributed by atoms with Crippen LogP contribution in [0.4, 0.5) is 11.4 Å². The Hall–Kier alpha value is -3.86. The maximum Gasteiger partial charge on any atom is 0.338 e. The summed E-state index contributed by atoms with van der Waals surface area (Å²) < 4.78 is 28.2. The first-order valence-corrected chi connectivity index (χ1v) is 10.3. The molecule has 0 atom stereocenters. The maximum atomic E-state index is 12.2. The number of fused-ring (bicyclic) bond motifs is 1. The van der Waals surface area contributed by atoms with Gasteiger partial charge in [0.05, 0.1) is 21.7 Å². The highest BCUT2D eigenvalue weighted by atomic mass is 32.2. The summed E-state index contributed by atoms with van der Waals surface area (Å²) in [7, 11) is -3.86. The molecular weight excluding hydrogens is 414 g/mol. The maximum absolute atomic E-state index is 12.2. The third-order valence-corrected chi connectivity index (χ3v) is 5.19. The second-order valence-electron chi connectivity index (χ2n) is 6.21. The van der Waals surface area contributed by atoms with Crippen LogP contribution < -0.4 is 5.32 Å². The minimum atomic E-state index is -3.86. The summed E-state index contributed by atoms with van der Waals surface area (Å²) in [5.41, 5.74) is 0.149. The summed E-state index contributed by atoms with van der Waals surface area (Å²) in [4.78, 5) is 38.2. The van der Waals surface area contributed by atoms with Gasteiger partial charge < -0.3 is 10.1 Å². The van der Waals surface area contributed by atoms with Crippen LogP contribution in [0.5, 0.6) is 0 Å². The summed E-state index contributed by atoms with van der Waals surface area (Å²) in [5.74, 6) is -1.63. The molecule has 1 amide bonds.